The van der Waals surface area contributed by atoms with Crippen LogP contribution in [-0.2, 0) is 4.79 Å². The lowest BCUT2D eigenvalue weighted by molar-refractivity contribution is -0.255. The van der Waals surface area contributed by atoms with Gasteiger partial charge in [-0.2, -0.15) is 10.1 Å². The summed E-state index contributed by atoms with van der Waals surface area (Å²) in [7, 11) is 0. The Morgan fingerprint density at radius 1 is 1.14 bits per heavy atom. The molecule has 6 nitrogen and oxygen atoms in total. The molecule has 0 saturated heterocycles. The number of carbonyl (C=O) groups excluding carboxylic acids is 2. The predicted molar refractivity (Wildman–Crippen MR) is 108 cm³/mol. The van der Waals surface area contributed by atoms with Crippen LogP contribution >= 0.6 is 11.6 Å². The summed E-state index contributed by atoms with van der Waals surface area (Å²) in [5.74, 6) is -0.735. The maximum absolute atomic E-state index is 12.8. The molecule has 0 saturated carbocycles. The van der Waals surface area contributed by atoms with Gasteiger partial charge in [0.05, 0.1) is 22.9 Å². The van der Waals surface area contributed by atoms with Gasteiger partial charge in [-0.3, -0.25) is 4.79 Å². The molecule has 1 aromatic heterocycles. The van der Waals surface area contributed by atoms with Gasteiger partial charge in [0.25, 0.3) is 5.91 Å². The molecule has 7 heteroatoms. The van der Waals surface area contributed by atoms with E-state index in [1.54, 1.807) is 43.3 Å². The first-order valence-electron chi connectivity index (χ1n) is 8.72. The second kappa shape index (κ2) is 7.41. The zero-order valence-electron chi connectivity index (χ0n) is 15.3. The molecule has 0 spiro atoms. The van der Waals surface area contributed by atoms with Gasteiger partial charge in [-0.05, 0) is 55.5 Å². The third-order valence-corrected chi connectivity index (χ3v) is 4.78. The Labute approximate surface area is 171 Å². The molecule has 0 unspecified atom stereocenters. The van der Waals surface area contributed by atoms with E-state index in [1.807, 2.05) is 18.2 Å². The first kappa shape index (κ1) is 18.7. The summed E-state index contributed by atoms with van der Waals surface area (Å²) in [5, 5.41) is 16.9. The summed E-state index contributed by atoms with van der Waals surface area (Å²) in [6.45, 7) is 1.75. The SMILES string of the molecule is CC1=NN(c2ccccc2)C(=O)/C1=C\c1ccc(-c2ccc(Cl)c(C(=O)[O-])c2)o1. The number of hydrogen-bond acceptors (Lipinski definition) is 5. The van der Waals surface area contributed by atoms with Crippen molar-refractivity contribution >= 4 is 41.0 Å². The van der Waals surface area contributed by atoms with Gasteiger partial charge in [-0.15, -0.1) is 0 Å². The molecule has 0 atom stereocenters. The fourth-order valence-electron chi connectivity index (χ4n) is 2.99. The van der Waals surface area contributed by atoms with E-state index < -0.39 is 5.97 Å². The maximum atomic E-state index is 12.8. The predicted octanol–water partition coefficient (Wildman–Crippen LogP) is 3.77. The average molecular weight is 406 g/mol. The number of amides is 1. The van der Waals surface area contributed by atoms with E-state index in [2.05, 4.69) is 5.10 Å². The molecule has 0 fully saturated rings. The number of furan rings is 1. The molecule has 1 amide bonds. The van der Waals surface area contributed by atoms with Crippen LogP contribution in [0.2, 0.25) is 5.02 Å². The van der Waals surface area contributed by atoms with E-state index in [4.69, 9.17) is 16.0 Å². The number of aromatic carboxylic acids is 1. The van der Waals surface area contributed by atoms with Gasteiger partial charge in [0, 0.05) is 16.1 Å². The number of rotatable bonds is 4. The third kappa shape index (κ3) is 3.58. The van der Waals surface area contributed by atoms with Gasteiger partial charge in [-0.1, -0.05) is 29.8 Å². The minimum absolute atomic E-state index is 0.0899. The van der Waals surface area contributed by atoms with Gasteiger partial charge < -0.3 is 14.3 Å². The van der Waals surface area contributed by atoms with Gasteiger partial charge in [0.2, 0.25) is 0 Å². The molecular weight excluding hydrogens is 392 g/mol. The fraction of sp³-hybridized carbons (Fsp3) is 0.0455. The van der Waals surface area contributed by atoms with E-state index in [0.29, 0.717) is 34.1 Å². The molecule has 4 rings (SSSR count). The van der Waals surface area contributed by atoms with Crippen LogP contribution < -0.4 is 10.1 Å². The van der Waals surface area contributed by atoms with E-state index in [-0.39, 0.29) is 16.5 Å². The number of halogens is 1. The van der Waals surface area contributed by atoms with Gasteiger partial charge in [-0.25, -0.2) is 0 Å². The van der Waals surface area contributed by atoms with Crippen LogP contribution in [-0.4, -0.2) is 17.6 Å². The van der Waals surface area contributed by atoms with Crippen molar-refractivity contribution in [3.05, 3.63) is 82.6 Å². The van der Waals surface area contributed by atoms with Crippen LogP contribution in [0.3, 0.4) is 0 Å². The topological polar surface area (TPSA) is 85.9 Å². The fourth-order valence-corrected chi connectivity index (χ4v) is 3.19. The van der Waals surface area contributed by atoms with Crippen LogP contribution in [0, 0.1) is 0 Å². The number of carboxylic acid groups (broad SMARTS) is 1. The highest BCUT2D eigenvalue weighted by atomic mass is 35.5. The standard InChI is InChI=1S/C22H15ClN2O4/c1-13-17(21(26)25(24-13)15-5-3-2-4-6-15)12-16-8-10-20(29-16)14-7-9-19(23)18(11-14)22(27)28/h2-12H,1H3,(H,27,28)/p-1/b17-12-. The summed E-state index contributed by atoms with van der Waals surface area (Å²) in [4.78, 5) is 23.9. The zero-order valence-corrected chi connectivity index (χ0v) is 16.0. The minimum Gasteiger partial charge on any atom is -0.545 e. The summed E-state index contributed by atoms with van der Waals surface area (Å²) in [6, 6.07) is 17.0. The smallest absolute Gasteiger partial charge is 0.280 e. The lowest BCUT2D eigenvalue weighted by Gasteiger charge is -2.10. The molecule has 2 heterocycles. The Bertz CT molecular complexity index is 1180. The van der Waals surface area contributed by atoms with Crippen molar-refractivity contribution in [2.45, 2.75) is 6.92 Å². The molecule has 0 N–H and O–H groups in total. The number of nitrogens with zero attached hydrogens (tertiary/aromatic N) is 2. The number of carboxylic acids is 1. The van der Waals surface area contributed by atoms with E-state index in [1.165, 1.54) is 17.1 Å². The highest BCUT2D eigenvalue weighted by Gasteiger charge is 2.28. The van der Waals surface area contributed by atoms with E-state index in [0.717, 1.165) is 0 Å². The van der Waals surface area contributed by atoms with Crippen molar-refractivity contribution in [3.63, 3.8) is 0 Å². The van der Waals surface area contributed by atoms with Crippen molar-refractivity contribution in [3.8, 4) is 11.3 Å². The number of carbonyl (C=O) groups is 2. The Kier molecular flexibility index (Phi) is 4.78. The molecule has 1 aliphatic rings. The third-order valence-electron chi connectivity index (χ3n) is 4.45. The highest BCUT2D eigenvalue weighted by molar-refractivity contribution is 6.33. The summed E-state index contributed by atoms with van der Waals surface area (Å²) in [5.41, 5.74) is 2.08. The molecule has 0 radical (unpaired) electrons. The first-order valence-corrected chi connectivity index (χ1v) is 9.10. The summed E-state index contributed by atoms with van der Waals surface area (Å²) < 4.78 is 5.79. The van der Waals surface area contributed by atoms with Crippen LogP contribution in [0.4, 0.5) is 5.69 Å². The summed E-state index contributed by atoms with van der Waals surface area (Å²) in [6.07, 6.45) is 1.61. The molecule has 3 aromatic rings. The Balaban J connectivity index is 1.63. The molecular formula is C22H14ClN2O4-. The Hall–Kier alpha value is -3.64. The van der Waals surface area contributed by atoms with Crippen molar-refractivity contribution in [2.24, 2.45) is 5.10 Å². The van der Waals surface area contributed by atoms with E-state index >= 15 is 0 Å². The molecule has 1 aliphatic heterocycles. The molecule has 29 heavy (non-hydrogen) atoms. The maximum Gasteiger partial charge on any atom is 0.280 e. The highest BCUT2D eigenvalue weighted by Crippen LogP contribution is 2.29. The number of para-hydroxylation sites is 1. The minimum atomic E-state index is -1.37. The normalized spacial score (nSPS) is 15.1. The lowest BCUT2D eigenvalue weighted by atomic mass is 10.1. The number of hydrogen-bond donors (Lipinski definition) is 0. The molecule has 0 aliphatic carbocycles. The van der Waals surface area contributed by atoms with Gasteiger partial charge in [0.1, 0.15) is 11.5 Å². The average Bonchev–Trinajstić information content (AvgIpc) is 3.29. The number of hydrazone groups is 1. The first-order chi connectivity index (χ1) is 13.9. The number of benzene rings is 2. The molecule has 0 bridgehead atoms. The van der Waals surface area contributed by atoms with Crippen molar-refractivity contribution < 1.29 is 19.1 Å². The zero-order chi connectivity index (χ0) is 20.5. The molecule has 2 aromatic carbocycles. The van der Waals surface area contributed by atoms with E-state index in [9.17, 15) is 14.7 Å². The van der Waals surface area contributed by atoms with Gasteiger partial charge in [0.15, 0.2) is 0 Å². The van der Waals surface area contributed by atoms with Crippen LogP contribution in [0.1, 0.15) is 23.0 Å². The second-order valence-electron chi connectivity index (χ2n) is 6.38. The number of anilines is 1. The van der Waals surface area contributed by atoms with Gasteiger partial charge >= 0.3 is 0 Å². The largest absolute Gasteiger partial charge is 0.545 e. The quantitative estimate of drug-likeness (QED) is 0.618. The molecule has 144 valence electrons. The van der Waals surface area contributed by atoms with Crippen LogP contribution in [0.25, 0.3) is 17.4 Å². The lowest BCUT2D eigenvalue weighted by Crippen LogP contribution is -2.22. The van der Waals surface area contributed by atoms with Crippen LogP contribution in [0.5, 0.6) is 0 Å². The van der Waals surface area contributed by atoms with Crippen molar-refractivity contribution in [1.82, 2.24) is 0 Å². The monoisotopic (exact) mass is 405 g/mol. The Morgan fingerprint density at radius 3 is 2.62 bits per heavy atom. The summed E-state index contributed by atoms with van der Waals surface area (Å²) >= 11 is 5.88. The van der Waals surface area contributed by atoms with Crippen LogP contribution in [0.15, 0.2) is 75.8 Å². The van der Waals surface area contributed by atoms with Crippen molar-refractivity contribution in [2.75, 3.05) is 5.01 Å². The van der Waals surface area contributed by atoms with Crippen molar-refractivity contribution in [1.29, 1.82) is 0 Å². The Morgan fingerprint density at radius 2 is 1.90 bits per heavy atom. The second-order valence-corrected chi connectivity index (χ2v) is 6.79.